The summed E-state index contributed by atoms with van der Waals surface area (Å²) in [7, 11) is 0. The Morgan fingerprint density at radius 2 is 1.28 bits per heavy atom. The molecular weight excluding hydrogens is 398 g/mol. The summed E-state index contributed by atoms with van der Waals surface area (Å²) in [5, 5.41) is 0. The first kappa shape index (κ1) is 23.5. The molecule has 1 aliphatic heterocycles. The van der Waals surface area contributed by atoms with Gasteiger partial charge in [0.05, 0.1) is 13.1 Å². The number of rotatable bonds is 2. The van der Waals surface area contributed by atoms with Gasteiger partial charge in [-0.05, 0) is 82.9 Å². The molecule has 0 atom stereocenters. The third-order valence-corrected chi connectivity index (χ3v) is 5.47. The van der Waals surface area contributed by atoms with Gasteiger partial charge in [0.15, 0.2) is 5.78 Å². The van der Waals surface area contributed by atoms with Gasteiger partial charge in [-0.2, -0.15) is 0 Å². The topological polar surface area (TPSA) is 46.6 Å². The van der Waals surface area contributed by atoms with Crippen molar-refractivity contribution in [3.05, 3.63) is 80.9 Å². The van der Waals surface area contributed by atoms with Crippen LogP contribution in [-0.2, 0) is 9.53 Å². The standard InChI is InChI=1S/C28H33NO3/c1-18-8-10-22(20(3)12-18)14-24-16-29(27(31)32-28(5,6)7)17-25(26(24)30)15-23-11-9-19(2)13-21(23)4/h8-15H,16-17H2,1-7H3/b24-14+,25-15+. The van der Waals surface area contributed by atoms with Crippen LogP contribution in [0.25, 0.3) is 12.2 Å². The SMILES string of the molecule is Cc1ccc(/C=C2\CN(C(=O)OC(C)(C)C)C/C(=C\c3ccc(C)cc3C)C2=O)c(C)c1. The molecule has 0 saturated carbocycles. The Bertz CT molecular complexity index is 1040. The zero-order valence-corrected chi connectivity index (χ0v) is 20.2. The lowest BCUT2D eigenvalue weighted by atomic mass is 9.92. The van der Waals surface area contributed by atoms with Gasteiger partial charge in [0.1, 0.15) is 5.60 Å². The zero-order valence-electron chi connectivity index (χ0n) is 20.2. The van der Waals surface area contributed by atoms with E-state index in [0.717, 1.165) is 22.3 Å². The minimum atomic E-state index is -0.604. The van der Waals surface area contributed by atoms with Crippen LogP contribution in [0.5, 0.6) is 0 Å². The molecular formula is C28H33NO3. The molecule has 4 heteroatoms. The summed E-state index contributed by atoms with van der Waals surface area (Å²) in [5.74, 6) is -0.0234. The maximum atomic E-state index is 13.4. The number of hydrogen-bond acceptors (Lipinski definition) is 3. The number of ether oxygens (including phenoxy) is 1. The molecule has 0 unspecified atom stereocenters. The van der Waals surface area contributed by atoms with E-state index in [1.807, 2.05) is 84.9 Å². The van der Waals surface area contributed by atoms with Gasteiger partial charge in [-0.3, -0.25) is 9.69 Å². The molecule has 32 heavy (non-hydrogen) atoms. The quantitative estimate of drug-likeness (QED) is 0.531. The van der Waals surface area contributed by atoms with Gasteiger partial charge >= 0.3 is 6.09 Å². The van der Waals surface area contributed by atoms with Crippen molar-refractivity contribution in [3.8, 4) is 0 Å². The summed E-state index contributed by atoms with van der Waals surface area (Å²) >= 11 is 0. The molecule has 1 fully saturated rings. The highest BCUT2D eigenvalue weighted by Gasteiger charge is 2.32. The minimum absolute atomic E-state index is 0.0234. The smallest absolute Gasteiger partial charge is 0.410 e. The van der Waals surface area contributed by atoms with Crippen molar-refractivity contribution >= 4 is 24.0 Å². The van der Waals surface area contributed by atoms with E-state index in [0.29, 0.717) is 11.1 Å². The number of carbonyl (C=O) groups excluding carboxylic acids is 2. The molecule has 4 nitrogen and oxygen atoms in total. The van der Waals surface area contributed by atoms with Gasteiger partial charge < -0.3 is 4.74 Å². The molecule has 168 valence electrons. The highest BCUT2D eigenvalue weighted by atomic mass is 16.6. The van der Waals surface area contributed by atoms with E-state index in [1.165, 1.54) is 11.1 Å². The van der Waals surface area contributed by atoms with Crippen LogP contribution in [0.1, 0.15) is 54.2 Å². The fourth-order valence-electron chi connectivity index (χ4n) is 3.85. The number of benzene rings is 2. The van der Waals surface area contributed by atoms with E-state index in [1.54, 1.807) is 4.90 Å². The summed E-state index contributed by atoms with van der Waals surface area (Å²) in [6, 6.07) is 12.3. The molecule has 2 aromatic rings. The second kappa shape index (κ2) is 9.15. The maximum Gasteiger partial charge on any atom is 0.410 e. The second-order valence-electron chi connectivity index (χ2n) is 9.72. The maximum absolute atomic E-state index is 13.4. The summed E-state index contributed by atoms with van der Waals surface area (Å²) < 4.78 is 5.61. The van der Waals surface area contributed by atoms with Crippen LogP contribution >= 0.6 is 0 Å². The van der Waals surface area contributed by atoms with E-state index in [9.17, 15) is 9.59 Å². The molecule has 1 heterocycles. The monoisotopic (exact) mass is 431 g/mol. The van der Waals surface area contributed by atoms with Crippen LogP contribution in [0, 0.1) is 27.7 Å². The first-order valence-corrected chi connectivity index (χ1v) is 11.0. The molecule has 0 bridgehead atoms. The number of piperidine rings is 1. The van der Waals surface area contributed by atoms with Crippen molar-refractivity contribution in [2.45, 2.75) is 54.1 Å². The Balaban J connectivity index is 2.04. The largest absolute Gasteiger partial charge is 0.444 e. The van der Waals surface area contributed by atoms with E-state index in [4.69, 9.17) is 4.74 Å². The molecule has 1 aliphatic rings. The second-order valence-corrected chi connectivity index (χ2v) is 9.72. The lowest BCUT2D eigenvalue weighted by molar-refractivity contribution is -0.113. The van der Waals surface area contributed by atoms with Crippen LogP contribution in [-0.4, -0.2) is 35.5 Å². The van der Waals surface area contributed by atoms with Crippen LogP contribution < -0.4 is 0 Å². The fourth-order valence-corrected chi connectivity index (χ4v) is 3.85. The molecule has 0 radical (unpaired) electrons. The van der Waals surface area contributed by atoms with E-state index in [-0.39, 0.29) is 18.9 Å². The van der Waals surface area contributed by atoms with E-state index < -0.39 is 11.7 Å². The molecule has 1 amide bonds. The van der Waals surface area contributed by atoms with Crippen LogP contribution in [0.3, 0.4) is 0 Å². The lowest BCUT2D eigenvalue weighted by Crippen LogP contribution is -2.44. The van der Waals surface area contributed by atoms with Gasteiger partial charge in [0.25, 0.3) is 0 Å². The number of hydrogen-bond donors (Lipinski definition) is 0. The molecule has 0 N–H and O–H groups in total. The van der Waals surface area contributed by atoms with Gasteiger partial charge in [-0.25, -0.2) is 4.79 Å². The van der Waals surface area contributed by atoms with Crippen LogP contribution in [0.2, 0.25) is 0 Å². The first-order chi connectivity index (χ1) is 14.9. The molecule has 1 saturated heterocycles. The number of amides is 1. The van der Waals surface area contributed by atoms with Crippen LogP contribution in [0.15, 0.2) is 47.5 Å². The average Bonchev–Trinajstić information content (AvgIpc) is 2.67. The summed E-state index contributed by atoms with van der Waals surface area (Å²) in [6.45, 7) is 14.2. The van der Waals surface area contributed by atoms with Crippen molar-refractivity contribution in [2.24, 2.45) is 0 Å². The Morgan fingerprint density at radius 1 is 0.844 bits per heavy atom. The predicted molar refractivity (Wildman–Crippen MR) is 131 cm³/mol. The predicted octanol–water partition coefficient (Wildman–Crippen LogP) is 6.21. The van der Waals surface area contributed by atoms with E-state index >= 15 is 0 Å². The number of aryl methyl sites for hydroxylation is 4. The lowest BCUT2D eigenvalue weighted by Gasteiger charge is -2.32. The number of nitrogens with zero attached hydrogens (tertiary/aromatic N) is 1. The van der Waals surface area contributed by atoms with Crippen molar-refractivity contribution in [2.75, 3.05) is 13.1 Å². The Hall–Kier alpha value is -3.14. The molecule has 3 rings (SSSR count). The minimum Gasteiger partial charge on any atom is -0.444 e. The molecule has 0 aliphatic carbocycles. The first-order valence-electron chi connectivity index (χ1n) is 11.0. The molecule has 0 spiro atoms. The summed E-state index contributed by atoms with van der Waals surface area (Å²) in [6.07, 6.45) is 3.40. The van der Waals surface area contributed by atoms with Gasteiger partial charge in [-0.1, -0.05) is 47.5 Å². The number of carbonyl (C=O) groups is 2. The van der Waals surface area contributed by atoms with Gasteiger partial charge in [0, 0.05) is 11.1 Å². The van der Waals surface area contributed by atoms with E-state index in [2.05, 4.69) is 12.1 Å². The third kappa shape index (κ3) is 5.76. The van der Waals surface area contributed by atoms with Gasteiger partial charge in [0.2, 0.25) is 0 Å². The van der Waals surface area contributed by atoms with Gasteiger partial charge in [-0.15, -0.1) is 0 Å². The fraction of sp³-hybridized carbons (Fsp3) is 0.357. The Labute approximate surface area is 191 Å². The average molecular weight is 432 g/mol. The number of Topliss-reactive ketones (excluding diaryl/α,β-unsaturated/α-hetero) is 1. The van der Waals surface area contributed by atoms with Crippen LogP contribution in [0.4, 0.5) is 4.79 Å². The highest BCUT2D eigenvalue weighted by Crippen LogP contribution is 2.26. The third-order valence-electron chi connectivity index (χ3n) is 5.47. The van der Waals surface area contributed by atoms with Crippen molar-refractivity contribution < 1.29 is 14.3 Å². The Morgan fingerprint density at radius 3 is 1.66 bits per heavy atom. The normalized spacial score (nSPS) is 17.2. The van der Waals surface area contributed by atoms with Crippen molar-refractivity contribution in [3.63, 3.8) is 0 Å². The molecule has 0 aromatic heterocycles. The zero-order chi connectivity index (χ0) is 23.6. The summed E-state index contributed by atoms with van der Waals surface area (Å²) in [5.41, 5.74) is 7.07. The highest BCUT2D eigenvalue weighted by molar-refractivity contribution is 6.15. The number of ketones is 1. The number of likely N-dealkylation sites (tertiary alicyclic amines) is 1. The van der Waals surface area contributed by atoms with Crippen molar-refractivity contribution in [1.82, 2.24) is 4.90 Å². The molecule has 2 aromatic carbocycles. The Kier molecular flexibility index (Phi) is 6.73. The van der Waals surface area contributed by atoms with Crippen molar-refractivity contribution in [1.29, 1.82) is 0 Å². The summed E-state index contributed by atoms with van der Waals surface area (Å²) in [4.78, 5) is 27.9.